The first-order valence-electron chi connectivity index (χ1n) is 11.2. The smallest absolute Gasteiger partial charge is 0.0858 e. The number of hydrogen-bond acceptors (Lipinski definition) is 2. The van der Waals surface area contributed by atoms with Crippen LogP contribution in [-0.2, 0) is 0 Å². The molecule has 3 fully saturated rings. The Balaban J connectivity index is 1.58. The van der Waals surface area contributed by atoms with Crippen LogP contribution in [0.15, 0.2) is 30.3 Å². The van der Waals surface area contributed by atoms with Crippen molar-refractivity contribution in [1.82, 2.24) is 4.90 Å². The van der Waals surface area contributed by atoms with Gasteiger partial charge in [-0.25, -0.2) is 0 Å². The fourth-order valence-electron chi connectivity index (χ4n) is 6.30. The minimum absolute atomic E-state index is 0.365. The highest BCUT2D eigenvalue weighted by atomic mass is 16.3. The number of likely N-dealkylation sites (tertiary alicyclic amines) is 1. The molecule has 2 aliphatic carbocycles. The van der Waals surface area contributed by atoms with Gasteiger partial charge in [-0.05, 0) is 56.4 Å². The van der Waals surface area contributed by atoms with Crippen molar-refractivity contribution in [2.75, 3.05) is 6.54 Å². The fourth-order valence-corrected chi connectivity index (χ4v) is 6.30. The Bertz CT molecular complexity index is 541. The summed E-state index contributed by atoms with van der Waals surface area (Å²) in [6.07, 6.45) is 14.2. The summed E-state index contributed by atoms with van der Waals surface area (Å²) < 4.78 is 0. The highest BCUT2D eigenvalue weighted by molar-refractivity contribution is 5.20. The van der Waals surface area contributed by atoms with E-state index in [1.807, 2.05) is 0 Å². The van der Waals surface area contributed by atoms with Crippen LogP contribution in [0.3, 0.4) is 0 Å². The zero-order valence-electron chi connectivity index (χ0n) is 16.6. The van der Waals surface area contributed by atoms with Gasteiger partial charge < -0.3 is 5.11 Å². The van der Waals surface area contributed by atoms with Crippen LogP contribution >= 0.6 is 0 Å². The normalized spacial score (nSPS) is 27.8. The molecule has 0 bridgehead atoms. The van der Waals surface area contributed by atoms with Crippen LogP contribution in [0.5, 0.6) is 0 Å². The van der Waals surface area contributed by atoms with E-state index in [4.69, 9.17) is 0 Å². The molecule has 0 spiro atoms. The third-order valence-corrected chi connectivity index (χ3v) is 7.89. The van der Waals surface area contributed by atoms with Crippen LogP contribution in [0.1, 0.15) is 89.2 Å². The van der Waals surface area contributed by atoms with Crippen LogP contribution in [0.25, 0.3) is 0 Å². The Hall–Kier alpha value is -0.860. The molecule has 2 nitrogen and oxygen atoms in total. The predicted molar refractivity (Wildman–Crippen MR) is 108 cm³/mol. The van der Waals surface area contributed by atoms with E-state index in [0.717, 1.165) is 6.54 Å². The van der Waals surface area contributed by atoms with Gasteiger partial charge in [-0.15, -0.1) is 0 Å². The summed E-state index contributed by atoms with van der Waals surface area (Å²) in [7, 11) is 0. The molecule has 2 atom stereocenters. The van der Waals surface area contributed by atoms with Crippen molar-refractivity contribution in [2.24, 2.45) is 11.8 Å². The van der Waals surface area contributed by atoms with E-state index in [-0.39, 0.29) is 0 Å². The maximum Gasteiger partial charge on any atom is 0.0858 e. The second kappa shape index (κ2) is 8.02. The molecule has 144 valence electrons. The Morgan fingerprint density at radius 2 is 1.38 bits per heavy atom. The second-order valence-corrected chi connectivity index (χ2v) is 9.19. The Morgan fingerprint density at radius 3 is 1.85 bits per heavy atom. The molecule has 1 N–H and O–H groups in total. The molecule has 1 aromatic carbocycles. The van der Waals surface area contributed by atoms with E-state index < -0.39 is 5.60 Å². The molecule has 4 rings (SSSR count). The maximum atomic E-state index is 12.3. The van der Waals surface area contributed by atoms with Gasteiger partial charge >= 0.3 is 0 Å². The van der Waals surface area contributed by atoms with Crippen molar-refractivity contribution in [2.45, 2.75) is 95.2 Å². The molecule has 26 heavy (non-hydrogen) atoms. The molecular formula is C24H37NO. The Morgan fingerprint density at radius 1 is 0.846 bits per heavy atom. The lowest BCUT2D eigenvalue weighted by molar-refractivity contribution is -0.182. The van der Waals surface area contributed by atoms with Gasteiger partial charge in [0.25, 0.3) is 0 Å². The van der Waals surface area contributed by atoms with Crippen LogP contribution in [0.4, 0.5) is 0 Å². The van der Waals surface area contributed by atoms with Gasteiger partial charge in [-0.3, -0.25) is 4.90 Å². The van der Waals surface area contributed by atoms with Gasteiger partial charge in [0.1, 0.15) is 0 Å². The van der Waals surface area contributed by atoms with E-state index in [0.29, 0.717) is 23.9 Å². The Labute approximate surface area is 160 Å². The SMILES string of the molecule is C[C@@H](c1ccccc1)N1CC[C@@H]1C(O)(C1CCCCC1)C1CCCCC1. The van der Waals surface area contributed by atoms with Gasteiger partial charge in [0.15, 0.2) is 0 Å². The molecule has 2 saturated carbocycles. The van der Waals surface area contributed by atoms with Gasteiger partial charge in [-0.1, -0.05) is 68.9 Å². The minimum atomic E-state index is -0.456. The molecular weight excluding hydrogens is 318 g/mol. The van der Waals surface area contributed by atoms with E-state index in [1.54, 1.807) is 0 Å². The number of hydrogen-bond donors (Lipinski definition) is 1. The van der Waals surface area contributed by atoms with Crippen molar-refractivity contribution in [3.63, 3.8) is 0 Å². The molecule has 2 heteroatoms. The third-order valence-electron chi connectivity index (χ3n) is 7.89. The summed E-state index contributed by atoms with van der Waals surface area (Å²) >= 11 is 0. The first-order chi connectivity index (χ1) is 12.7. The van der Waals surface area contributed by atoms with E-state index >= 15 is 0 Å². The van der Waals surface area contributed by atoms with Crippen molar-refractivity contribution >= 4 is 0 Å². The van der Waals surface area contributed by atoms with E-state index in [9.17, 15) is 5.11 Å². The first kappa shape index (κ1) is 18.5. The van der Waals surface area contributed by atoms with Crippen molar-refractivity contribution in [3.8, 4) is 0 Å². The van der Waals surface area contributed by atoms with E-state index in [2.05, 4.69) is 42.2 Å². The lowest BCUT2D eigenvalue weighted by Crippen LogP contribution is -2.67. The number of aliphatic hydroxyl groups is 1. The lowest BCUT2D eigenvalue weighted by Gasteiger charge is -2.59. The first-order valence-corrected chi connectivity index (χ1v) is 11.2. The van der Waals surface area contributed by atoms with Gasteiger partial charge in [-0.2, -0.15) is 0 Å². The quantitative estimate of drug-likeness (QED) is 0.731. The third kappa shape index (κ3) is 3.36. The summed E-state index contributed by atoms with van der Waals surface area (Å²) in [5.41, 5.74) is 0.939. The molecule has 0 amide bonds. The highest BCUT2D eigenvalue weighted by Gasteiger charge is 2.54. The summed E-state index contributed by atoms with van der Waals surface area (Å²) in [6.45, 7) is 3.48. The molecule has 1 aromatic rings. The highest BCUT2D eigenvalue weighted by Crippen LogP contribution is 2.50. The van der Waals surface area contributed by atoms with Crippen LogP contribution in [0.2, 0.25) is 0 Å². The standard InChI is InChI=1S/C24H37NO/c1-19(20-11-5-2-6-12-20)25-18-17-23(25)24(26,21-13-7-3-8-14-21)22-15-9-4-10-16-22/h2,5-6,11-12,19,21-23,26H,3-4,7-10,13-18H2,1H3/t19-,23+/m0/s1. The predicted octanol–water partition coefficient (Wildman–Crippen LogP) is 5.71. The van der Waals surface area contributed by atoms with Crippen LogP contribution in [-0.4, -0.2) is 28.2 Å². The largest absolute Gasteiger partial charge is 0.388 e. The Kier molecular flexibility index (Phi) is 5.71. The molecule has 3 aliphatic rings. The fraction of sp³-hybridized carbons (Fsp3) is 0.750. The molecule has 0 radical (unpaired) electrons. The molecule has 1 aliphatic heterocycles. The van der Waals surface area contributed by atoms with Gasteiger partial charge in [0.05, 0.1) is 5.60 Å². The summed E-state index contributed by atoms with van der Waals surface area (Å²) in [5.74, 6) is 1.05. The lowest BCUT2D eigenvalue weighted by atomic mass is 9.60. The zero-order valence-corrected chi connectivity index (χ0v) is 16.6. The number of rotatable bonds is 5. The average Bonchev–Trinajstić information content (AvgIpc) is 2.69. The molecule has 1 saturated heterocycles. The monoisotopic (exact) mass is 355 g/mol. The maximum absolute atomic E-state index is 12.3. The summed E-state index contributed by atoms with van der Waals surface area (Å²) in [6, 6.07) is 11.7. The zero-order chi connectivity index (χ0) is 18.0. The number of benzene rings is 1. The minimum Gasteiger partial charge on any atom is -0.388 e. The summed E-state index contributed by atoms with van der Waals surface area (Å²) in [5, 5.41) is 12.3. The molecule has 0 aromatic heterocycles. The number of nitrogens with zero attached hydrogens (tertiary/aromatic N) is 1. The van der Waals surface area contributed by atoms with Gasteiger partial charge in [0.2, 0.25) is 0 Å². The topological polar surface area (TPSA) is 23.5 Å². The van der Waals surface area contributed by atoms with Gasteiger partial charge in [0, 0.05) is 18.6 Å². The van der Waals surface area contributed by atoms with Crippen LogP contribution < -0.4 is 0 Å². The average molecular weight is 356 g/mol. The van der Waals surface area contributed by atoms with E-state index in [1.165, 1.54) is 76.2 Å². The van der Waals surface area contributed by atoms with Crippen molar-refractivity contribution in [3.05, 3.63) is 35.9 Å². The van der Waals surface area contributed by atoms with Crippen LogP contribution in [0, 0.1) is 11.8 Å². The molecule has 0 unspecified atom stereocenters. The summed E-state index contributed by atoms with van der Waals surface area (Å²) in [4.78, 5) is 2.62. The second-order valence-electron chi connectivity index (χ2n) is 9.19. The molecule has 1 heterocycles. The van der Waals surface area contributed by atoms with Crippen molar-refractivity contribution < 1.29 is 5.11 Å². The van der Waals surface area contributed by atoms with Crippen molar-refractivity contribution in [1.29, 1.82) is 0 Å².